The number of benzene rings is 2. The van der Waals surface area contributed by atoms with Crippen molar-refractivity contribution in [1.29, 1.82) is 0 Å². The summed E-state index contributed by atoms with van der Waals surface area (Å²) < 4.78 is 24.5. The number of carboxylic acid groups (broad SMARTS) is 1. The van der Waals surface area contributed by atoms with Crippen LogP contribution in [0.15, 0.2) is 52.3 Å². The number of hydrogen-bond acceptors (Lipinski definition) is 9. The fourth-order valence-corrected chi connectivity index (χ4v) is 7.24. The summed E-state index contributed by atoms with van der Waals surface area (Å²) in [5, 5.41) is 11.4. The minimum atomic E-state index is -1.31. The van der Waals surface area contributed by atoms with Crippen molar-refractivity contribution in [2.24, 2.45) is 5.92 Å². The predicted molar refractivity (Wildman–Crippen MR) is 142 cm³/mol. The number of aromatic nitrogens is 1. The standard InChI is InChI=1S/C26H22FN3O8S2/c1-2-37-16-9-12(3-8-15(16)38-11-17(31)28-14-6-4-13(27)5-7-14)19-20-22(39-23-21(19)40-26(36)29-23)25(35)30(24(20)34)10-18(32)33/h3-9,19-20,22H,2,10-11H2,1H3,(H,28,31)(H,29,36)(H,32,33)/t19-,20?,22?/m0/s1. The van der Waals surface area contributed by atoms with Crippen molar-refractivity contribution < 1.29 is 38.1 Å². The van der Waals surface area contributed by atoms with Gasteiger partial charge in [0, 0.05) is 16.5 Å². The Labute approximate surface area is 234 Å². The van der Waals surface area contributed by atoms with E-state index < -0.39 is 53.1 Å². The molecule has 2 unspecified atom stereocenters. The second kappa shape index (κ2) is 11.1. The molecule has 2 aliphatic heterocycles. The molecule has 14 heteroatoms. The molecule has 3 N–H and O–H groups in total. The zero-order chi connectivity index (χ0) is 28.6. The first-order valence-corrected chi connectivity index (χ1v) is 13.8. The smallest absolute Gasteiger partial charge is 0.323 e. The van der Waals surface area contributed by atoms with E-state index in [4.69, 9.17) is 9.47 Å². The first kappa shape index (κ1) is 27.4. The molecule has 5 rings (SSSR count). The number of thiazole rings is 1. The Bertz CT molecular complexity index is 1550. The molecule has 11 nitrogen and oxygen atoms in total. The number of nitrogens with one attached hydrogen (secondary N) is 2. The van der Waals surface area contributed by atoms with E-state index in [0.717, 1.165) is 28.0 Å². The van der Waals surface area contributed by atoms with Gasteiger partial charge in [-0.3, -0.25) is 28.9 Å². The largest absolute Gasteiger partial charge is 0.490 e. The van der Waals surface area contributed by atoms with Crippen molar-refractivity contribution in [2.45, 2.75) is 23.1 Å². The summed E-state index contributed by atoms with van der Waals surface area (Å²) in [4.78, 5) is 66.0. The van der Waals surface area contributed by atoms with Gasteiger partial charge in [0.15, 0.2) is 18.1 Å². The molecule has 0 aliphatic carbocycles. The van der Waals surface area contributed by atoms with E-state index in [-0.39, 0.29) is 29.6 Å². The maximum atomic E-state index is 13.3. The van der Waals surface area contributed by atoms with Gasteiger partial charge in [-0.2, -0.15) is 0 Å². The number of nitrogens with zero attached hydrogens (tertiary/aromatic N) is 1. The minimum absolute atomic E-state index is 0.241. The quantitative estimate of drug-likeness (QED) is 0.321. The minimum Gasteiger partial charge on any atom is -0.490 e. The molecule has 40 heavy (non-hydrogen) atoms. The number of fused-ring (bicyclic) bond motifs is 2. The number of H-pyrrole nitrogens is 1. The highest BCUT2D eigenvalue weighted by Gasteiger charge is 2.56. The molecule has 1 fully saturated rings. The maximum absolute atomic E-state index is 13.3. The topological polar surface area (TPSA) is 155 Å². The third-order valence-electron chi connectivity index (χ3n) is 6.32. The molecular weight excluding hydrogens is 565 g/mol. The van der Waals surface area contributed by atoms with Gasteiger partial charge >= 0.3 is 10.8 Å². The predicted octanol–water partition coefficient (Wildman–Crippen LogP) is 2.67. The van der Waals surface area contributed by atoms with Crippen LogP contribution in [0.1, 0.15) is 23.3 Å². The number of anilines is 1. The van der Waals surface area contributed by atoms with Crippen LogP contribution in [-0.2, 0) is 19.2 Å². The van der Waals surface area contributed by atoms with Gasteiger partial charge in [-0.25, -0.2) is 4.39 Å². The van der Waals surface area contributed by atoms with Gasteiger partial charge in [-0.15, -0.1) is 0 Å². The van der Waals surface area contributed by atoms with Crippen LogP contribution in [0.25, 0.3) is 0 Å². The lowest BCUT2D eigenvalue weighted by atomic mass is 9.83. The Morgan fingerprint density at radius 2 is 1.82 bits per heavy atom. The van der Waals surface area contributed by atoms with Crippen LogP contribution < -0.4 is 19.7 Å². The van der Waals surface area contributed by atoms with Crippen LogP contribution in [0.4, 0.5) is 10.1 Å². The fraction of sp³-hybridized carbons (Fsp3) is 0.269. The molecule has 0 saturated carbocycles. The third kappa shape index (κ3) is 5.31. The van der Waals surface area contributed by atoms with Crippen LogP contribution >= 0.6 is 23.1 Å². The molecule has 1 aromatic heterocycles. The Morgan fingerprint density at radius 1 is 1.07 bits per heavy atom. The average Bonchev–Trinajstić information content (AvgIpc) is 3.39. The van der Waals surface area contributed by atoms with Crippen LogP contribution in [0.5, 0.6) is 11.5 Å². The number of hydrogen-bond donors (Lipinski definition) is 3. The van der Waals surface area contributed by atoms with Gasteiger partial charge in [-0.05, 0) is 48.9 Å². The third-order valence-corrected chi connectivity index (χ3v) is 8.72. The van der Waals surface area contributed by atoms with E-state index in [1.54, 1.807) is 25.1 Å². The van der Waals surface area contributed by atoms with E-state index in [1.165, 1.54) is 24.3 Å². The van der Waals surface area contributed by atoms with Gasteiger partial charge in [0.2, 0.25) is 11.8 Å². The lowest BCUT2D eigenvalue weighted by molar-refractivity contribution is -0.149. The number of carbonyl (C=O) groups excluding carboxylic acids is 3. The Balaban J connectivity index is 1.43. The number of aliphatic carboxylic acids is 1. The SMILES string of the molecule is CCOc1cc([C@@H]2c3sc(=O)[nH]c3SC3C(=O)N(CC(=O)O)C(=O)C32)ccc1OCC(=O)Nc1ccc(F)cc1. The molecule has 3 atom stereocenters. The van der Waals surface area contributed by atoms with Crippen molar-refractivity contribution >= 4 is 52.5 Å². The van der Waals surface area contributed by atoms with Crippen molar-refractivity contribution in [2.75, 3.05) is 25.1 Å². The van der Waals surface area contributed by atoms with Gasteiger partial charge in [0.05, 0.1) is 17.6 Å². The highest BCUT2D eigenvalue weighted by Crippen LogP contribution is 2.53. The van der Waals surface area contributed by atoms with E-state index in [2.05, 4.69) is 10.3 Å². The molecular formula is C26H22FN3O8S2. The van der Waals surface area contributed by atoms with E-state index in [0.29, 0.717) is 21.2 Å². The molecule has 0 bridgehead atoms. The van der Waals surface area contributed by atoms with Gasteiger partial charge in [0.25, 0.3) is 5.91 Å². The summed E-state index contributed by atoms with van der Waals surface area (Å²) in [5.41, 5.74) is 0.950. The molecule has 208 valence electrons. The van der Waals surface area contributed by atoms with E-state index in [1.807, 2.05) is 0 Å². The number of carbonyl (C=O) groups is 4. The lowest BCUT2D eigenvalue weighted by Crippen LogP contribution is -2.36. The second-order valence-electron chi connectivity index (χ2n) is 8.89. The molecule has 1 saturated heterocycles. The molecule has 2 aromatic carbocycles. The Kier molecular flexibility index (Phi) is 7.63. The summed E-state index contributed by atoms with van der Waals surface area (Å²) >= 11 is 1.97. The molecule has 0 radical (unpaired) electrons. The number of likely N-dealkylation sites (tertiary alicyclic amines) is 1. The van der Waals surface area contributed by atoms with Crippen LogP contribution in [-0.4, -0.2) is 63.7 Å². The molecule has 0 spiro atoms. The number of thioether (sulfide) groups is 1. The number of carboxylic acids is 1. The fourth-order valence-electron chi connectivity index (χ4n) is 4.70. The van der Waals surface area contributed by atoms with E-state index in [9.17, 15) is 33.5 Å². The van der Waals surface area contributed by atoms with Crippen molar-refractivity contribution in [1.82, 2.24) is 9.88 Å². The van der Waals surface area contributed by atoms with Crippen molar-refractivity contribution in [3.8, 4) is 11.5 Å². The van der Waals surface area contributed by atoms with Crippen LogP contribution in [0.2, 0.25) is 0 Å². The Hall–Kier alpha value is -4.17. The number of imide groups is 1. The summed E-state index contributed by atoms with van der Waals surface area (Å²) in [5.74, 6) is -4.63. The molecule has 3 amide bonds. The first-order valence-electron chi connectivity index (χ1n) is 12.1. The number of aromatic amines is 1. The number of amides is 3. The zero-order valence-corrected chi connectivity index (χ0v) is 22.5. The number of ether oxygens (including phenoxy) is 2. The van der Waals surface area contributed by atoms with Gasteiger partial charge < -0.3 is 24.9 Å². The number of rotatable bonds is 9. The van der Waals surface area contributed by atoms with Gasteiger partial charge in [0.1, 0.15) is 17.6 Å². The second-order valence-corrected chi connectivity index (χ2v) is 11.1. The van der Waals surface area contributed by atoms with Crippen molar-refractivity contribution in [3.05, 3.63) is 68.4 Å². The first-order chi connectivity index (χ1) is 19.2. The monoisotopic (exact) mass is 587 g/mol. The molecule has 3 heterocycles. The van der Waals surface area contributed by atoms with Gasteiger partial charge in [-0.1, -0.05) is 29.2 Å². The summed E-state index contributed by atoms with van der Waals surface area (Å²) in [7, 11) is 0. The molecule has 2 aliphatic rings. The van der Waals surface area contributed by atoms with Crippen LogP contribution in [0, 0.1) is 11.7 Å². The molecule has 3 aromatic rings. The average molecular weight is 588 g/mol. The van der Waals surface area contributed by atoms with Crippen LogP contribution in [0.3, 0.4) is 0 Å². The lowest BCUT2D eigenvalue weighted by Gasteiger charge is -2.30. The summed E-state index contributed by atoms with van der Waals surface area (Å²) in [6.07, 6.45) is 0. The maximum Gasteiger partial charge on any atom is 0.323 e. The Morgan fingerprint density at radius 3 is 2.52 bits per heavy atom. The van der Waals surface area contributed by atoms with Crippen molar-refractivity contribution in [3.63, 3.8) is 0 Å². The zero-order valence-electron chi connectivity index (χ0n) is 20.8. The van der Waals surface area contributed by atoms with E-state index >= 15 is 0 Å². The number of halogens is 1. The summed E-state index contributed by atoms with van der Waals surface area (Å²) in [6.45, 7) is 0.881. The summed E-state index contributed by atoms with van der Waals surface area (Å²) in [6, 6.07) is 10.1. The highest BCUT2D eigenvalue weighted by molar-refractivity contribution is 8.00. The highest BCUT2D eigenvalue weighted by atomic mass is 32.2. The normalized spacial score (nSPS) is 19.6.